The first-order valence-electron chi connectivity index (χ1n) is 8.01. The van der Waals surface area contributed by atoms with Gasteiger partial charge in [0.2, 0.25) is 0 Å². The van der Waals surface area contributed by atoms with Gasteiger partial charge in [0.05, 0.1) is 10.6 Å². The Morgan fingerprint density at radius 2 is 1.64 bits per heavy atom. The predicted octanol–water partition coefficient (Wildman–Crippen LogP) is 3.26. The molecule has 1 saturated heterocycles. The van der Waals surface area contributed by atoms with Crippen LogP contribution in [0, 0.1) is 15.9 Å². The van der Waals surface area contributed by atoms with Gasteiger partial charge in [0.25, 0.3) is 5.69 Å². The lowest BCUT2D eigenvalue weighted by Gasteiger charge is -2.37. The van der Waals surface area contributed by atoms with Crippen molar-refractivity contribution in [3.63, 3.8) is 0 Å². The molecule has 0 aliphatic carbocycles. The predicted molar refractivity (Wildman–Crippen MR) is 93.9 cm³/mol. The van der Waals surface area contributed by atoms with Crippen LogP contribution in [0.25, 0.3) is 0 Å². The first kappa shape index (κ1) is 16.9. The summed E-state index contributed by atoms with van der Waals surface area (Å²) in [5, 5.41) is 11.4. The zero-order valence-corrected chi connectivity index (χ0v) is 13.8. The molecule has 0 aromatic heterocycles. The van der Waals surface area contributed by atoms with Crippen LogP contribution in [0.2, 0.25) is 0 Å². The van der Waals surface area contributed by atoms with E-state index < -0.39 is 4.92 Å². The Morgan fingerprint density at radius 3 is 2.20 bits per heavy atom. The molecule has 1 fully saturated rings. The zero-order chi connectivity index (χ0) is 18.0. The SMILES string of the molecule is CC(=O)c1ccc(N2CCN(c3ccccc3F)CC2)c([N+](=O)[O-])c1. The minimum Gasteiger partial charge on any atom is -0.366 e. The summed E-state index contributed by atoms with van der Waals surface area (Å²) in [6.07, 6.45) is 0. The molecule has 25 heavy (non-hydrogen) atoms. The molecule has 0 unspecified atom stereocenters. The van der Waals surface area contributed by atoms with E-state index in [0.717, 1.165) is 0 Å². The molecular formula is C18H18FN3O3. The van der Waals surface area contributed by atoms with Gasteiger partial charge < -0.3 is 9.80 Å². The highest BCUT2D eigenvalue weighted by Crippen LogP contribution is 2.31. The number of nitrogens with zero attached hydrogens (tertiary/aromatic N) is 3. The summed E-state index contributed by atoms with van der Waals surface area (Å²) >= 11 is 0. The third-order valence-electron chi connectivity index (χ3n) is 4.39. The summed E-state index contributed by atoms with van der Waals surface area (Å²) in [4.78, 5) is 26.2. The van der Waals surface area contributed by atoms with Crippen LogP contribution in [0.4, 0.5) is 21.5 Å². The van der Waals surface area contributed by atoms with Crippen LogP contribution in [0.15, 0.2) is 42.5 Å². The second kappa shape index (κ2) is 6.88. The van der Waals surface area contributed by atoms with Crippen molar-refractivity contribution in [1.82, 2.24) is 0 Å². The molecule has 0 N–H and O–H groups in total. The quantitative estimate of drug-likeness (QED) is 0.484. The number of benzene rings is 2. The normalized spacial score (nSPS) is 14.5. The first-order chi connectivity index (χ1) is 12.0. The number of halogens is 1. The van der Waals surface area contributed by atoms with Crippen LogP contribution in [0.3, 0.4) is 0 Å². The molecule has 0 atom stereocenters. The van der Waals surface area contributed by atoms with E-state index in [1.54, 1.807) is 30.3 Å². The van der Waals surface area contributed by atoms with E-state index >= 15 is 0 Å². The smallest absolute Gasteiger partial charge is 0.293 e. The van der Waals surface area contributed by atoms with Crippen molar-refractivity contribution in [3.8, 4) is 0 Å². The Labute approximate surface area is 144 Å². The van der Waals surface area contributed by atoms with Crippen molar-refractivity contribution in [1.29, 1.82) is 0 Å². The molecule has 0 saturated carbocycles. The van der Waals surface area contributed by atoms with Crippen LogP contribution < -0.4 is 9.80 Å². The molecule has 2 aromatic carbocycles. The Hall–Kier alpha value is -2.96. The Bertz CT molecular complexity index is 817. The number of nitro benzene ring substituents is 1. The maximum absolute atomic E-state index is 13.9. The minimum absolute atomic E-state index is 0.0768. The van der Waals surface area contributed by atoms with Gasteiger partial charge in [-0.05, 0) is 31.2 Å². The van der Waals surface area contributed by atoms with E-state index in [0.29, 0.717) is 43.1 Å². The summed E-state index contributed by atoms with van der Waals surface area (Å²) in [6.45, 7) is 3.58. The van der Waals surface area contributed by atoms with Crippen molar-refractivity contribution in [2.45, 2.75) is 6.92 Å². The molecule has 0 bridgehead atoms. The first-order valence-corrected chi connectivity index (χ1v) is 8.01. The molecule has 1 aliphatic rings. The number of hydrogen-bond donors (Lipinski definition) is 0. The second-order valence-electron chi connectivity index (χ2n) is 5.94. The van der Waals surface area contributed by atoms with E-state index in [2.05, 4.69) is 0 Å². The number of carbonyl (C=O) groups is 1. The standard InChI is InChI=1S/C18H18FN3O3/c1-13(23)14-6-7-17(18(12-14)22(24)25)21-10-8-20(9-11-21)16-5-3-2-4-15(16)19/h2-7,12H,8-11H2,1H3. The fourth-order valence-electron chi connectivity index (χ4n) is 3.05. The van der Waals surface area contributed by atoms with Crippen molar-refractivity contribution < 1.29 is 14.1 Å². The number of anilines is 2. The minimum atomic E-state index is -0.467. The molecule has 0 amide bonds. The maximum atomic E-state index is 13.9. The summed E-state index contributed by atoms with van der Waals surface area (Å²) in [5.74, 6) is -0.480. The number of Topliss-reactive ketones (excluding diaryl/α,β-unsaturated/α-hetero) is 1. The van der Waals surface area contributed by atoms with Gasteiger partial charge >= 0.3 is 0 Å². The summed E-state index contributed by atoms with van der Waals surface area (Å²) in [7, 11) is 0. The summed E-state index contributed by atoms with van der Waals surface area (Å²) in [5.41, 5.74) is 1.28. The highest BCUT2D eigenvalue weighted by molar-refractivity contribution is 5.95. The third-order valence-corrected chi connectivity index (χ3v) is 4.39. The summed E-state index contributed by atoms with van der Waals surface area (Å²) in [6, 6.07) is 11.1. The number of carbonyl (C=O) groups excluding carboxylic acids is 1. The number of para-hydroxylation sites is 1. The van der Waals surface area contributed by atoms with E-state index in [4.69, 9.17) is 0 Å². The van der Waals surface area contributed by atoms with Gasteiger partial charge in [0.1, 0.15) is 11.5 Å². The van der Waals surface area contributed by atoms with Crippen LogP contribution in [-0.4, -0.2) is 36.9 Å². The van der Waals surface area contributed by atoms with Gasteiger partial charge in [-0.2, -0.15) is 0 Å². The van der Waals surface area contributed by atoms with E-state index in [1.165, 1.54) is 19.1 Å². The molecular weight excluding hydrogens is 325 g/mol. The second-order valence-corrected chi connectivity index (χ2v) is 5.94. The Morgan fingerprint density at radius 1 is 1.04 bits per heavy atom. The van der Waals surface area contributed by atoms with Crippen molar-refractivity contribution in [2.75, 3.05) is 36.0 Å². The summed E-state index contributed by atoms with van der Waals surface area (Å²) < 4.78 is 13.9. The van der Waals surface area contributed by atoms with Gasteiger partial charge in [-0.15, -0.1) is 0 Å². The average Bonchev–Trinajstić information content (AvgIpc) is 2.61. The largest absolute Gasteiger partial charge is 0.366 e. The Balaban J connectivity index is 1.80. The van der Waals surface area contributed by atoms with E-state index in [1.807, 2.05) is 9.80 Å². The van der Waals surface area contributed by atoms with Gasteiger partial charge in [0.15, 0.2) is 5.78 Å². The lowest BCUT2D eigenvalue weighted by atomic mass is 10.1. The van der Waals surface area contributed by atoms with Gasteiger partial charge in [-0.3, -0.25) is 14.9 Å². The van der Waals surface area contributed by atoms with E-state index in [-0.39, 0.29) is 17.3 Å². The maximum Gasteiger partial charge on any atom is 0.293 e. The van der Waals surface area contributed by atoms with Crippen molar-refractivity contribution >= 4 is 22.8 Å². The highest BCUT2D eigenvalue weighted by Gasteiger charge is 2.25. The monoisotopic (exact) mass is 343 g/mol. The number of piperazine rings is 1. The molecule has 3 rings (SSSR count). The fraction of sp³-hybridized carbons (Fsp3) is 0.278. The lowest BCUT2D eigenvalue weighted by molar-refractivity contribution is -0.384. The third kappa shape index (κ3) is 3.45. The van der Waals surface area contributed by atoms with E-state index in [9.17, 15) is 19.3 Å². The highest BCUT2D eigenvalue weighted by atomic mass is 19.1. The lowest BCUT2D eigenvalue weighted by Crippen LogP contribution is -2.47. The van der Waals surface area contributed by atoms with Gasteiger partial charge in [0, 0.05) is 37.8 Å². The van der Waals surface area contributed by atoms with Crippen LogP contribution in [0.1, 0.15) is 17.3 Å². The molecule has 2 aromatic rings. The Kier molecular flexibility index (Phi) is 4.65. The average molecular weight is 343 g/mol. The van der Waals surface area contributed by atoms with Crippen LogP contribution >= 0.6 is 0 Å². The molecule has 1 heterocycles. The molecule has 130 valence electrons. The molecule has 0 spiro atoms. The number of nitro groups is 1. The van der Waals surface area contributed by atoms with Crippen molar-refractivity contribution in [3.05, 3.63) is 64.0 Å². The van der Waals surface area contributed by atoms with Crippen molar-refractivity contribution in [2.24, 2.45) is 0 Å². The molecule has 6 nitrogen and oxygen atoms in total. The van der Waals surface area contributed by atoms with Gasteiger partial charge in [-0.25, -0.2) is 4.39 Å². The zero-order valence-electron chi connectivity index (χ0n) is 13.8. The fourth-order valence-corrected chi connectivity index (χ4v) is 3.05. The molecule has 7 heteroatoms. The molecule has 1 aliphatic heterocycles. The van der Waals surface area contributed by atoms with Crippen LogP contribution in [0.5, 0.6) is 0 Å². The topological polar surface area (TPSA) is 66.7 Å². The van der Waals surface area contributed by atoms with Crippen LogP contribution in [-0.2, 0) is 0 Å². The van der Waals surface area contributed by atoms with Gasteiger partial charge in [-0.1, -0.05) is 12.1 Å². The number of ketones is 1. The number of rotatable bonds is 4. The number of hydrogen-bond acceptors (Lipinski definition) is 5. The molecule has 0 radical (unpaired) electrons.